The first kappa shape index (κ1) is 18.8. The predicted octanol–water partition coefficient (Wildman–Crippen LogP) is 4.92. The Morgan fingerprint density at radius 1 is 1.25 bits per heavy atom. The Labute approximate surface area is 169 Å². The van der Waals surface area contributed by atoms with Gasteiger partial charge in [0, 0.05) is 44.4 Å². The SMILES string of the molecule is CCOCC/C=C1\CCN(C)c2ccc(-c3cnc(-c4cccnc4)s3)nc21. The zero-order valence-corrected chi connectivity index (χ0v) is 17.1. The summed E-state index contributed by atoms with van der Waals surface area (Å²) in [6.07, 6.45) is 9.74. The molecule has 6 heteroatoms. The molecule has 0 saturated heterocycles. The number of hydrogen-bond acceptors (Lipinski definition) is 6. The number of hydrogen-bond donors (Lipinski definition) is 0. The molecule has 4 rings (SSSR count). The van der Waals surface area contributed by atoms with Gasteiger partial charge in [-0.1, -0.05) is 6.08 Å². The van der Waals surface area contributed by atoms with Crippen LogP contribution in [0.1, 0.15) is 25.5 Å². The van der Waals surface area contributed by atoms with Crippen LogP contribution >= 0.6 is 11.3 Å². The minimum Gasteiger partial charge on any atom is -0.381 e. The molecule has 144 valence electrons. The first-order valence-corrected chi connectivity index (χ1v) is 10.4. The molecular formula is C22H24N4OS. The van der Waals surface area contributed by atoms with E-state index in [1.165, 1.54) is 11.3 Å². The Bertz CT molecular complexity index is 968. The third-order valence-corrected chi connectivity index (χ3v) is 5.90. The number of thiazole rings is 1. The van der Waals surface area contributed by atoms with Gasteiger partial charge in [-0.3, -0.25) is 4.98 Å². The quantitative estimate of drug-likeness (QED) is 0.558. The largest absolute Gasteiger partial charge is 0.381 e. The van der Waals surface area contributed by atoms with Crippen LogP contribution in [0.2, 0.25) is 0 Å². The Hall–Kier alpha value is -2.57. The summed E-state index contributed by atoms with van der Waals surface area (Å²) in [4.78, 5) is 17.1. The number of ether oxygens (including phenoxy) is 1. The van der Waals surface area contributed by atoms with Crippen LogP contribution in [0.25, 0.3) is 26.7 Å². The average molecular weight is 393 g/mol. The Morgan fingerprint density at radius 2 is 2.18 bits per heavy atom. The second-order valence-electron chi connectivity index (χ2n) is 6.72. The lowest BCUT2D eigenvalue weighted by molar-refractivity contribution is 0.152. The molecule has 0 N–H and O–H groups in total. The molecule has 0 radical (unpaired) electrons. The number of rotatable bonds is 6. The van der Waals surface area contributed by atoms with Crippen molar-refractivity contribution in [2.45, 2.75) is 19.8 Å². The summed E-state index contributed by atoms with van der Waals surface area (Å²) in [5, 5.41) is 0.965. The van der Waals surface area contributed by atoms with Crippen LogP contribution in [0.5, 0.6) is 0 Å². The minimum absolute atomic E-state index is 0.758. The van der Waals surface area contributed by atoms with Gasteiger partial charge in [0.2, 0.25) is 0 Å². The smallest absolute Gasteiger partial charge is 0.125 e. The summed E-state index contributed by atoms with van der Waals surface area (Å²) in [5.74, 6) is 0. The molecule has 0 bridgehead atoms. The van der Waals surface area contributed by atoms with Crippen LogP contribution < -0.4 is 4.90 Å². The van der Waals surface area contributed by atoms with Gasteiger partial charge in [-0.05, 0) is 49.6 Å². The van der Waals surface area contributed by atoms with E-state index in [-0.39, 0.29) is 0 Å². The molecule has 4 heterocycles. The summed E-state index contributed by atoms with van der Waals surface area (Å²) < 4.78 is 5.48. The number of aromatic nitrogens is 3. The summed E-state index contributed by atoms with van der Waals surface area (Å²) in [7, 11) is 2.13. The third kappa shape index (κ3) is 3.98. The van der Waals surface area contributed by atoms with Crippen molar-refractivity contribution < 1.29 is 4.74 Å². The van der Waals surface area contributed by atoms with Crippen molar-refractivity contribution >= 4 is 22.6 Å². The lowest BCUT2D eigenvalue weighted by Crippen LogP contribution is -2.25. The molecule has 5 nitrogen and oxygen atoms in total. The van der Waals surface area contributed by atoms with Gasteiger partial charge in [-0.15, -0.1) is 11.3 Å². The van der Waals surface area contributed by atoms with E-state index in [1.807, 2.05) is 31.5 Å². The molecule has 0 unspecified atom stereocenters. The Kier molecular flexibility index (Phi) is 5.78. The van der Waals surface area contributed by atoms with Gasteiger partial charge in [0.05, 0.1) is 28.6 Å². The average Bonchev–Trinajstić information content (AvgIpc) is 3.23. The highest BCUT2D eigenvalue weighted by Gasteiger charge is 2.20. The van der Waals surface area contributed by atoms with Crippen molar-refractivity contribution in [2.75, 3.05) is 31.7 Å². The molecule has 0 spiro atoms. The van der Waals surface area contributed by atoms with Crippen LogP contribution in [-0.2, 0) is 4.74 Å². The van der Waals surface area contributed by atoms with Crippen LogP contribution in [0.3, 0.4) is 0 Å². The maximum Gasteiger partial charge on any atom is 0.125 e. The normalized spacial score (nSPS) is 15.1. The predicted molar refractivity (Wildman–Crippen MR) is 116 cm³/mol. The highest BCUT2D eigenvalue weighted by molar-refractivity contribution is 7.18. The van der Waals surface area contributed by atoms with E-state index < -0.39 is 0 Å². The van der Waals surface area contributed by atoms with Crippen LogP contribution in [0, 0.1) is 0 Å². The molecule has 3 aromatic heterocycles. The monoisotopic (exact) mass is 392 g/mol. The van der Waals surface area contributed by atoms with Gasteiger partial charge in [-0.2, -0.15) is 0 Å². The lowest BCUT2D eigenvalue weighted by Gasteiger charge is -2.28. The molecule has 0 aromatic carbocycles. The van der Waals surface area contributed by atoms with Crippen LogP contribution in [0.15, 0.2) is 48.9 Å². The minimum atomic E-state index is 0.758. The first-order chi connectivity index (χ1) is 13.8. The molecule has 1 aliphatic heterocycles. The van der Waals surface area contributed by atoms with Crippen molar-refractivity contribution in [3.8, 4) is 21.1 Å². The number of anilines is 1. The fraction of sp³-hybridized carbons (Fsp3) is 0.318. The molecule has 0 saturated carbocycles. The van der Waals surface area contributed by atoms with E-state index in [0.29, 0.717) is 0 Å². The highest BCUT2D eigenvalue weighted by atomic mass is 32.1. The van der Waals surface area contributed by atoms with Gasteiger partial charge in [-0.25, -0.2) is 9.97 Å². The van der Waals surface area contributed by atoms with E-state index >= 15 is 0 Å². The fourth-order valence-electron chi connectivity index (χ4n) is 3.34. The maximum absolute atomic E-state index is 5.48. The van der Waals surface area contributed by atoms with Crippen molar-refractivity contribution in [1.82, 2.24) is 15.0 Å². The van der Waals surface area contributed by atoms with Crippen LogP contribution in [-0.4, -0.2) is 41.8 Å². The number of nitrogens with zero attached hydrogens (tertiary/aromatic N) is 4. The van der Waals surface area contributed by atoms with Gasteiger partial charge >= 0.3 is 0 Å². The van der Waals surface area contributed by atoms with Gasteiger partial charge in [0.15, 0.2) is 0 Å². The molecule has 28 heavy (non-hydrogen) atoms. The summed E-state index contributed by atoms with van der Waals surface area (Å²) in [6, 6.07) is 8.24. The topological polar surface area (TPSA) is 51.1 Å². The van der Waals surface area contributed by atoms with E-state index in [1.54, 1.807) is 17.5 Å². The van der Waals surface area contributed by atoms with Gasteiger partial charge in [0.25, 0.3) is 0 Å². The first-order valence-electron chi connectivity index (χ1n) is 9.62. The van der Waals surface area contributed by atoms with Crippen molar-refractivity contribution in [2.24, 2.45) is 0 Å². The Balaban J connectivity index is 1.64. The van der Waals surface area contributed by atoms with E-state index in [9.17, 15) is 0 Å². The maximum atomic E-state index is 5.48. The number of fused-ring (bicyclic) bond motifs is 1. The lowest BCUT2D eigenvalue weighted by atomic mass is 10.00. The van der Waals surface area contributed by atoms with E-state index in [2.05, 4.69) is 40.1 Å². The van der Waals surface area contributed by atoms with Gasteiger partial charge < -0.3 is 9.64 Å². The summed E-state index contributed by atoms with van der Waals surface area (Å²) in [6.45, 7) is 4.56. The summed E-state index contributed by atoms with van der Waals surface area (Å²) in [5.41, 5.74) is 5.59. The van der Waals surface area contributed by atoms with Crippen molar-refractivity contribution in [3.05, 3.63) is 54.6 Å². The molecule has 0 fully saturated rings. The second kappa shape index (κ2) is 8.63. The molecule has 0 aliphatic carbocycles. The van der Waals surface area contributed by atoms with Gasteiger partial charge in [0.1, 0.15) is 5.01 Å². The molecular weight excluding hydrogens is 368 g/mol. The summed E-state index contributed by atoms with van der Waals surface area (Å²) >= 11 is 1.65. The van der Waals surface area contributed by atoms with Crippen LogP contribution in [0.4, 0.5) is 5.69 Å². The van der Waals surface area contributed by atoms with E-state index in [4.69, 9.17) is 9.72 Å². The third-order valence-electron chi connectivity index (χ3n) is 4.83. The molecule has 3 aromatic rings. The zero-order valence-electron chi connectivity index (χ0n) is 16.3. The van der Waals surface area contributed by atoms with Crippen molar-refractivity contribution in [3.63, 3.8) is 0 Å². The number of pyridine rings is 2. The standard InChI is InChI=1S/C22H24N4OS/c1-3-27-13-5-7-16-10-12-26(2)19-9-8-18(25-21(16)19)20-15-24-22(28-20)17-6-4-11-23-14-17/h4,6-9,11,14-15H,3,5,10,12-13H2,1-2H3/b16-7+. The molecule has 1 aliphatic rings. The van der Waals surface area contributed by atoms with E-state index in [0.717, 1.165) is 59.4 Å². The van der Waals surface area contributed by atoms with Crippen molar-refractivity contribution in [1.29, 1.82) is 0 Å². The molecule has 0 atom stereocenters. The fourth-order valence-corrected chi connectivity index (χ4v) is 4.21. The Morgan fingerprint density at radius 3 is 3.00 bits per heavy atom. The highest BCUT2D eigenvalue weighted by Crippen LogP contribution is 2.37. The zero-order chi connectivity index (χ0) is 19.3. The second-order valence-corrected chi connectivity index (χ2v) is 7.75. The molecule has 0 amide bonds.